The highest BCUT2D eigenvalue weighted by molar-refractivity contribution is 4.63. The first kappa shape index (κ1) is 11.5. The molecule has 1 aliphatic rings. The van der Waals surface area contributed by atoms with Crippen LogP contribution in [0.15, 0.2) is 12.8 Å². The van der Waals surface area contributed by atoms with Crippen LogP contribution in [0.1, 0.15) is 32.1 Å². The topological polar surface area (TPSA) is 18.5 Å². The quantitative estimate of drug-likeness (QED) is 0.596. The zero-order chi connectivity index (χ0) is 9.23. The zero-order valence-corrected chi connectivity index (χ0v) is 8.21. The molecule has 72 valence electrons. The summed E-state index contributed by atoms with van der Waals surface area (Å²) >= 11 is 0. The van der Waals surface area contributed by atoms with Gasteiger partial charge in [0.1, 0.15) is 0 Å². The minimum Gasteiger partial charge on any atom is -0.505 e. The maximum absolute atomic E-state index is 5.19. The molecule has 1 saturated carbocycles. The van der Waals surface area contributed by atoms with Crippen LogP contribution >= 0.6 is 0 Å². The highest BCUT2D eigenvalue weighted by Gasteiger charge is 2.10. The molecule has 1 rings (SSSR count). The Morgan fingerprint density at radius 1 is 1.17 bits per heavy atom. The molecule has 0 atom stereocenters. The van der Waals surface area contributed by atoms with Crippen LogP contribution in [0.2, 0.25) is 0 Å². The van der Waals surface area contributed by atoms with E-state index in [-0.39, 0.29) is 0 Å². The summed E-state index contributed by atoms with van der Waals surface area (Å²) in [6, 6.07) is 0. The van der Waals surface area contributed by atoms with Crippen LogP contribution in [0.5, 0.6) is 0 Å². The minimum absolute atomic E-state index is 0.587. The van der Waals surface area contributed by atoms with E-state index in [1.54, 1.807) is 7.11 Å². The third-order valence-electron chi connectivity index (χ3n) is 2.05. The van der Waals surface area contributed by atoms with Crippen LogP contribution in [0, 0.1) is 0 Å². The van der Waals surface area contributed by atoms with E-state index in [1.807, 2.05) is 7.11 Å². The van der Waals surface area contributed by atoms with Crippen LogP contribution in [-0.2, 0) is 9.47 Å². The van der Waals surface area contributed by atoms with Gasteiger partial charge in [-0.1, -0.05) is 25.8 Å². The minimum atomic E-state index is 0.587. The van der Waals surface area contributed by atoms with Crippen molar-refractivity contribution >= 4 is 0 Å². The molecular weight excluding hydrogens is 152 g/mol. The number of hydrogen-bond acceptors (Lipinski definition) is 2. The van der Waals surface area contributed by atoms with Gasteiger partial charge in [0.25, 0.3) is 0 Å². The van der Waals surface area contributed by atoms with Crippen LogP contribution in [0.3, 0.4) is 0 Å². The molecule has 12 heavy (non-hydrogen) atoms. The van der Waals surface area contributed by atoms with Crippen molar-refractivity contribution in [3.63, 3.8) is 0 Å². The lowest BCUT2D eigenvalue weighted by Gasteiger charge is -2.19. The second kappa shape index (κ2) is 8.60. The second-order valence-corrected chi connectivity index (χ2v) is 2.90. The normalized spacial score (nSPS) is 17.5. The van der Waals surface area contributed by atoms with Gasteiger partial charge in [0, 0.05) is 7.11 Å². The van der Waals surface area contributed by atoms with Gasteiger partial charge in [-0.2, -0.15) is 0 Å². The van der Waals surface area contributed by atoms with E-state index in [2.05, 4.69) is 11.3 Å². The van der Waals surface area contributed by atoms with E-state index in [4.69, 9.17) is 4.74 Å². The van der Waals surface area contributed by atoms with E-state index in [0.717, 1.165) is 0 Å². The molecule has 0 saturated heterocycles. The lowest BCUT2D eigenvalue weighted by molar-refractivity contribution is 0.0710. The smallest absolute Gasteiger partial charge is 0.0766 e. The average Bonchev–Trinajstić information content (AvgIpc) is 2.19. The van der Waals surface area contributed by atoms with Gasteiger partial charge in [-0.25, -0.2) is 0 Å². The third-order valence-corrected chi connectivity index (χ3v) is 2.05. The molecule has 0 heterocycles. The van der Waals surface area contributed by atoms with Crippen molar-refractivity contribution in [2.45, 2.75) is 38.2 Å². The second-order valence-electron chi connectivity index (χ2n) is 2.90. The van der Waals surface area contributed by atoms with Crippen molar-refractivity contribution < 1.29 is 9.47 Å². The first-order chi connectivity index (χ1) is 5.85. The van der Waals surface area contributed by atoms with E-state index in [9.17, 15) is 0 Å². The average molecular weight is 172 g/mol. The summed E-state index contributed by atoms with van der Waals surface area (Å²) in [5.74, 6) is 0. The Morgan fingerprint density at radius 3 is 1.92 bits per heavy atom. The molecule has 0 aromatic heterocycles. The van der Waals surface area contributed by atoms with Crippen molar-refractivity contribution in [3.05, 3.63) is 12.8 Å². The van der Waals surface area contributed by atoms with Crippen molar-refractivity contribution in [1.82, 2.24) is 0 Å². The lowest BCUT2D eigenvalue weighted by atomic mass is 9.98. The van der Waals surface area contributed by atoms with Gasteiger partial charge in [0.2, 0.25) is 0 Å². The van der Waals surface area contributed by atoms with Crippen molar-refractivity contribution in [3.8, 4) is 0 Å². The molecule has 2 nitrogen and oxygen atoms in total. The number of rotatable bonds is 2. The number of methoxy groups -OCH3 is 2. The molecule has 0 aliphatic heterocycles. The molecule has 0 amide bonds. The van der Waals surface area contributed by atoms with E-state index in [0.29, 0.717) is 6.10 Å². The molecule has 1 aliphatic carbocycles. The van der Waals surface area contributed by atoms with Crippen molar-refractivity contribution in [2.24, 2.45) is 0 Å². The van der Waals surface area contributed by atoms with Crippen LogP contribution < -0.4 is 0 Å². The highest BCUT2D eigenvalue weighted by Crippen LogP contribution is 2.18. The maximum atomic E-state index is 5.19. The van der Waals surface area contributed by atoms with Gasteiger partial charge in [-0.15, -0.1) is 0 Å². The fraction of sp³-hybridized carbons (Fsp3) is 0.800. The molecule has 0 bridgehead atoms. The van der Waals surface area contributed by atoms with Crippen LogP contribution in [0.4, 0.5) is 0 Å². The Bertz CT molecular complexity index is 96.0. The summed E-state index contributed by atoms with van der Waals surface area (Å²) in [4.78, 5) is 0. The Hall–Kier alpha value is -0.500. The van der Waals surface area contributed by atoms with Crippen LogP contribution in [0.25, 0.3) is 0 Å². The number of ether oxygens (including phenoxy) is 2. The predicted molar refractivity (Wildman–Crippen MR) is 51.1 cm³/mol. The molecule has 0 unspecified atom stereocenters. The Morgan fingerprint density at radius 2 is 1.67 bits per heavy atom. The summed E-state index contributed by atoms with van der Waals surface area (Å²) in [5.41, 5.74) is 0. The summed E-state index contributed by atoms with van der Waals surface area (Å²) in [7, 11) is 3.38. The maximum Gasteiger partial charge on any atom is 0.0766 e. The molecule has 2 heteroatoms. The van der Waals surface area contributed by atoms with Crippen molar-refractivity contribution in [1.29, 1.82) is 0 Å². The molecular formula is C10H20O2. The van der Waals surface area contributed by atoms with Gasteiger partial charge < -0.3 is 9.47 Å². The van der Waals surface area contributed by atoms with E-state index < -0.39 is 0 Å². The zero-order valence-electron chi connectivity index (χ0n) is 8.21. The Kier molecular flexibility index (Phi) is 8.24. The van der Waals surface area contributed by atoms with Gasteiger partial charge in [0.15, 0.2) is 0 Å². The van der Waals surface area contributed by atoms with E-state index in [1.165, 1.54) is 38.4 Å². The van der Waals surface area contributed by atoms with Gasteiger partial charge in [-0.3, -0.25) is 0 Å². The van der Waals surface area contributed by atoms with Gasteiger partial charge in [-0.05, 0) is 12.8 Å². The Balaban J connectivity index is 0.000000261. The summed E-state index contributed by atoms with van der Waals surface area (Å²) in [6.07, 6.45) is 8.70. The monoisotopic (exact) mass is 172 g/mol. The fourth-order valence-corrected chi connectivity index (χ4v) is 1.30. The largest absolute Gasteiger partial charge is 0.505 e. The molecule has 0 N–H and O–H groups in total. The fourth-order valence-electron chi connectivity index (χ4n) is 1.30. The third kappa shape index (κ3) is 6.23. The predicted octanol–water partition coefficient (Wildman–Crippen LogP) is 2.74. The molecule has 0 radical (unpaired) electrons. The number of hydrogen-bond donors (Lipinski definition) is 0. The highest BCUT2D eigenvalue weighted by atomic mass is 16.5. The SMILES string of the molecule is C=COC.COC1CCCCC1. The Labute approximate surface area is 75.6 Å². The van der Waals surface area contributed by atoms with Crippen LogP contribution in [-0.4, -0.2) is 20.3 Å². The van der Waals surface area contributed by atoms with Gasteiger partial charge in [0.05, 0.1) is 19.5 Å². The lowest BCUT2D eigenvalue weighted by Crippen LogP contribution is -2.13. The summed E-state index contributed by atoms with van der Waals surface area (Å²) in [6.45, 7) is 3.26. The first-order valence-corrected chi connectivity index (χ1v) is 4.51. The van der Waals surface area contributed by atoms with Gasteiger partial charge >= 0.3 is 0 Å². The summed E-state index contributed by atoms with van der Waals surface area (Å²) < 4.78 is 9.50. The summed E-state index contributed by atoms with van der Waals surface area (Å²) in [5, 5.41) is 0. The molecule has 0 aromatic rings. The van der Waals surface area contributed by atoms with Crippen molar-refractivity contribution in [2.75, 3.05) is 14.2 Å². The molecule has 1 fully saturated rings. The molecule has 0 aromatic carbocycles. The molecule has 0 spiro atoms. The van der Waals surface area contributed by atoms with E-state index >= 15 is 0 Å². The first-order valence-electron chi connectivity index (χ1n) is 4.51. The standard InChI is InChI=1S/C7H14O.C3H6O/c1-8-7-5-3-2-4-6-7;1-3-4-2/h7H,2-6H2,1H3;3H,1H2,2H3.